The predicted molar refractivity (Wildman–Crippen MR) is 107 cm³/mol. The first kappa shape index (κ1) is 18.7. The Labute approximate surface area is 164 Å². The second-order valence-corrected chi connectivity index (χ2v) is 8.17. The van der Waals surface area contributed by atoms with Crippen LogP contribution in [0.15, 0.2) is 53.4 Å². The Kier molecular flexibility index (Phi) is 6.13. The van der Waals surface area contributed by atoms with Crippen LogP contribution < -0.4 is 10.1 Å². The molecule has 0 aliphatic rings. The van der Waals surface area contributed by atoms with Crippen LogP contribution in [-0.2, 0) is 4.79 Å². The van der Waals surface area contributed by atoms with Crippen LogP contribution in [0.5, 0.6) is 5.75 Å². The molecule has 1 amide bonds. The molecule has 26 heavy (non-hydrogen) atoms. The summed E-state index contributed by atoms with van der Waals surface area (Å²) in [6.07, 6.45) is 0. The van der Waals surface area contributed by atoms with Crippen molar-refractivity contribution in [2.45, 2.75) is 17.1 Å². The molecule has 1 N–H and O–H groups in total. The molecule has 1 heterocycles. The van der Waals surface area contributed by atoms with Crippen molar-refractivity contribution >= 4 is 45.7 Å². The number of nitrogens with zero attached hydrogens (tertiary/aromatic N) is 2. The van der Waals surface area contributed by atoms with Gasteiger partial charge in [0.1, 0.15) is 10.8 Å². The van der Waals surface area contributed by atoms with Gasteiger partial charge in [-0.2, -0.15) is 0 Å². The highest BCUT2D eigenvalue weighted by molar-refractivity contribution is 8.00. The molecule has 0 fully saturated rings. The molecule has 0 spiro atoms. The molecule has 2 aromatic carbocycles. The molecule has 5 nitrogen and oxygen atoms in total. The maximum absolute atomic E-state index is 12.4. The lowest BCUT2D eigenvalue weighted by Gasteiger charge is -2.10. The first-order valence-corrected chi connectivity index (χ1v) is 9.83. The van der Waals surface area contributed by atoms with Crippen molar-refractivity contribution in [1.82, 2.24) is 10.2 Å². The number of ether oxygens (including phenoxy) is 1. The van der Waals surface area contributed by atoms with Crippen molar-refractivity contribution in [3.63, 3.8) is 0 Å². The highest BCUT2D eigenvalue weighted by Crippen LogP contribution is 2.29. The minimum atomic E-state index is -0.274. The van der Waals surface area contributed by atoms with Gasteiger partial charge in [-0.3, -0.25) is 10.1 Å². The summed E-state index contributed by atoms with van der Waals surface area (Å²) in [4.78, 5) is 13.4. The molecule has 1 unspecified atom stereocenters. The Morgan fingerprint density at radius 2 is 1.85 bits per heavy atom. The average Bonchev–Trinajstić information content (AvgIpc) is 3.12. The van der Waals surface area contributed by atoms with Crippen LogP contribution in [0.3, 0.4) is 0 Å². The number of carbonyl (C=O) groups is 1. The maximum atomic E-state index is 12.4. The number of amides is 1. The number of nitrogens with one attached hydrogen (secondary N) is 1. The van der Waals surface area contributed by atoms with Gasteiger partial charge in [0.25, 0.3) is 0 Å². The van der Waals surface area contributed by atoms with E-state index in [4.69, 9.17) is 16.3 Å². The fourth-order valence-electron chi connectivity index (χ4n) is 2.10. The lowest BCUT2D eigenvalue weighted by Crippen LogP contribution is -2.22. The number of benzene rings is 2. The third-order valence-electron chi connectivity index (χ3n) is 3.49. The third kappa shape index (κ3) is 4.75. The van der Waals surface area contributed by atoms with Crippen molar-refractivity contribution in [2.75, 3.05) is 12.4 Å². The number of halogens is 1. The minimum absolute atomic E-state index is 0.123. The van der Waals surface area contributed by atoms with E-state index in [2.05, 4.69) is 15.5 Å². The van der Waals surface area contributed by atoms with Crippen LogP contribution in [0, 0.1) is 0 Å². The van der Waals surface area contributed by atoms with Crippen LogP contribution in [0.2, 0.25) is 5.02 Å². The van der Waals surface area contributed by atoms with E-state index in [1.54, 1.807) is 19.2 Å². The van der Waals surface area contributed by atoms with Crippen LogP contribution in [0.25, 0.3) is 10.6 Å². The first-order valence-electron chi connectivity index (χ1n) is 7.76. The van der Waals surface area contributed by atoms with E-state index in [0.717, 1.165) is 21.2 Å². The van der Waals surface area contributed by atoms with E-state index in [0.29, 0.717) is 10.2 Å². The summed E-state index contributed by atoms with van der Waals surface area (Å²) in [5.74, 6) is 0.655. The zero-order chi connectivity index (χ0) is 18.5. The Bertz CT molecular complexity index is 882. The number of aromatic nitrogens is 2. The number of hydrogen-bond acceptors (Lipinski definition) is 6. The van der Waals surface area contributed by atoms with Gasteiger partial charge in [0.15, 0.2) is 0 Å². The van der Waals surface area contributed by atoms with Gasteiger partial charge in [-0.25, -0.2) is 0 Å². The molecule has 1 aromatic heterocycles. The molecular formula is C18H16ClN3O2S2. The molecule has 134 valence electrons. The number of hydrogen-bond donors (Lipinski definition) is 1. The summed E-state index contributed by atoms with van der Waals surface area (Å²) in [6.45, 7) is 1.85. The van der Waals surface area contributed by atoms with E-state index < -0.39 is 0 Å². The highest BCUT2D eigenvalue weighted by atomic mass is 35.5. The van der Waals surface area contributed by atoms with Crippen molar-refractivity contribution < 1.29 is 9.53 Å². The quantitative estimate of drug-likeness (QED) is 0.585. The van der Waals surface area contributed by atoms with E-state index in [1.165, 1.54) is 23.1 Å². The smallest absolute Gasteiger partial charge is 0.239 e. The van der Waals surface area contributed by atoms with Gasteiger partial charge in [-0.1, -0.05) is 22.9 Å². The molecule has 8 heteroatoms. The highest BCUT2D eigenvalue weighted by Gasteiger charge is 2.17. The topological polar surface area (TPSA) is 64.1 Å². The summed E-state index contributed by atoms with van der Waals surface area (Å²) in [5, 5.41) is 12.6. The van der Waals surface area contributed by atoms with Gasteiger partial charge in [0.05, 0.1) is 12.4 Å². The summed E-state index contributed by atoms with van der Waals surface area (Å²) in [6, 6.07) is 14.9. The van der Waals surface area contributed by atoms with Crippen molar-refractivity contribution in [3.05, 3.63) is 53.6 Å². The molecule has 0 aliphatic heterocycles. The summed E-state index contributed by atoms with van der Waals surface area (Å²) < 4.78 is 5.15. The summed E-state index contributed by atoms with van der Waals surface area (Å²) in [5.41, 5.74) is 0.924. The third-order valence-corrected chi connectivity index (χ3v) is 5.74. The van der Waals surface area contributed by atoms with E-state index >= 15 is 0 Å². The van der Waals surface area contributed by atoms with Crippen molar-refractivity contribution in [2.24, 2.45) is 0 Å². The number of rotatable bonds is 6. The molecule has 1 atom stereocenters. The number of thioether (sulfide) groups is 1. The number of anilines is 1. The van der Waals surface area contributed by atoms with Crippen LogP contribution in [0.1, 0.15) is 6.92 Å². The fourth-order valence-corrected chi connectivity index (χ4v) is 3.85. The lowest BCUT2D eigenvalue weighted by molar-refractivity contribution is -0.115. The zero-order valence-corrected chi connectivity index (χ0v) is 16.5. The van der Waals surface area contributed by atoms with Crippen molar-refractivity contribution in [1.29, 1.82) is 0 Å². The molecule has 0 saturated carbocycles. The monoisotopic (exact) mass is 405 g/mol. The number of methoxy groups -OCH3 is 1. The Morgan fingerprint density at radius 3 is 2.50 bits per heavy atom. The molecule has 0 radical (unpaired) electrons. The van der Waals surface area contributed by atoms with E-state index in [1.807, 2.05) is 43.3 Å². The second kappa shape index (κ2) is 8.53. The standard InChI is InChI=1S/C18H16ClN3O2S2/c1-11(25-15-9-5-13(19)6-10-15)16(23)20-18-22-21-17(26-18)12-3-7-14(24-2)8-4-12/h3-11H,1-2H3,(H,20,22,23). The fraction of sp³-hybridized carbons (Fsp3) is 0.167. The van der Waals surface area contributed by atoms with E-state index in [-0.39, 0.29) is 11.2 Å². The molecule has 3 rings (SSSR count). The normalized spacial score (nSPS) is 11.8. The molecule has 0 bridgehead atoms. The van der Waals surface area contributed by atoms with Gasteiger partial charge in [0.2, 0.25) is 11.0 Å². The van der Waals surface area contributed by atoms with Crippen LogP contribution >= 0.6 is 34.7 Å². The summed E-state index contributed by atoms with van der Waals surface area (Å²) in [7, 11) is 1.62. The average molecular weight is 406 g/mol. The van der Waals surface area contributed by atoms with Gasteiger partial charge in [-0.15, -0.1) is 22.0 Å². The van der Waals surface area contributed by atoms with Gasteiger partial charge in [-0.05, 0) is 55.5 Å². The SMILES string of the molecule is COc1ccc(-c2nnc(NC(=O)C(C)Sc3ccc(Cl)cc3)s2)cc1. The van der Waals surface area contributed by atoms with Gasteiger partial charge >= 0.3 is 0 Å². The Balaban J connectivity index is 1.62. The largest absolute Gasteiger partial charge is 0.497 e. The Hall–Kier alpha value is -2.09. The molecule has 3 aromatic rings. The maximum Gasteiger partial charge on any atom is 0.239 e. The lowest BCUT2D eigenvalue weighted by atomic mass is 10.2. The zero-order valence-electron chi connectivity index (χ0n) is 14.1. The predicted octanol–water partition coefficient (Wildman–Crippen LogP) is 4.99. The van der Waals surface area contributed by atoms with Gasteiger partial charge < -0.3 is 4.74 Å². The molecular weight excluding hydrogens is 390 g/mol. The van der Waals surface area contributed by atoms with Crippen molar-refractivity contribution in [3.8, 4) is 16.3 Å². The Morgan fingerprint density at radius 1 is 1.15 bits per heavy atom. The summed E-state index contributed by atoms with van der Waals surface area (Å²) >= 11 is 8.67. The second-order valence-electron chi connectivity index (χ2n) is 5.34. The number of carbonyl (C=O) groups excluding carboxylic acids is 1. The molecule has 0 saturated heterocycles. The first-order chi connectivity index (χ1) is 12.5. The van der Waals surface area contributed by atoms with Gasteiger partial charge in [0, 0.05) is 15.5 Å². The molecule has 0 aliphatic carbocycles. The minimum Gasteiger partial charge on any atom is -0.497 e. The van der Waals surface area contributed by atoms with Crippen LogP contribution in [-0.4, -0.2) is 28.5 Å². The van der Waals surface area contributed by atoms with E-state index in [9.17, 15) is 4.79 Å². The van der Waals surface area contributed by atoms with Crippen LogP contribution in [0.4, 0.5) is 5.13 Å².